The summed E-state index contributed by atoms with van der Waals surface area (Å²) in [6.07, 6.45) is 1.69. The molecule has 0 spiro atoms. The molecule has 2 heterocycles. The van der Waals surface area contributed by atoms with Gasteiger partial charge in [-0.3, -0.25) is 4.79 Å². The van der Waals surface area contributed by atoms with Gasteiger partial charge in [0.05, 0.1) is 6.42 Å². The second kappa shape index (κ2) is 5.26. The minimum atomic E-state index is -1.57. The standard InChI is InChI=1S/C13H17BN2O4/c1-13(2,3)20-11(17)5-8-4-9-6-10(14(18)19)16-12(9)15-7-8/h4,6-7,18-19H,5H2,1-3H3,(H,15,16). The van der Waals surface area contributed by atoms with Crippen LogP contribution in [0.15, 0.2) is 18.3 Å². The van der Waals surface area contributed by atoms with E-state index < -0.39 is 12.7 Å². The van der Waals surface area contributed by atoms with E-state index in [9.17, 15) is 4.79 Å². The first kappa shape index (κ1) is 14.6. The van der Waals surface area contributed by atoms with Crippen LogP contribution in [0.1, 0.15) is 26.3 Å². The Hall–Kier alpha value is -1.86. The zero-order valence-electron chi connectivity index (χ0n) is 11.7. The Bertz CT molecular complexity index is 631. The third-order valence-electron chi connectivity index (χ3n) is 2.59. The third-order valence-corrected chi connectivity index (χ3v) is 2.59. The van der Waals surface area contributed by atoms with Crippen LogP contribution < -0.4 is 5.59 Å². The predicted molar refractivity (Wildman–Crippen MR) is 75.5 cm³/mol. The molecule has 6 nitrogen and oxygen atoms in total. The minimum Gasteiger partial charge on any atom is -0.460 e. The van der Waals surface area contributed by atoms with Gasteiger partial charge in [0.15, 0.2) is 0 Å². The van der Waals surface area contributed by atoms with Gasteiger partial charge in [-0.05, 0) is 38.5 Å². The van der Waals surface area contributed by atoms with Crippen LogP contribution in [-0.4, -0.2) is 38.7 Å². The number of nitrogens with one attached hydrogen (secondary N) is 1. The summed E-state index contributed by atoms with van der Waals surface area (Å²) in [6, 6.07) is 3.36. The molecule has 2 rings (SSSR count). The fraction of sp³-hybridized carbons (Fsp3) is 0.385. The van der Waals surface area contributed by atoms with Crippen LogP contribution in [0.3, 0.4) is 0 Å². The summed E-state index contributed by atoms with van der Waals surface area (Å²) in [6.45, 7) is 5.44. The van der Waals surface area contributed by atoms with Crippen molar-refractivity contribution in [2.24, 2.45) is 0 Å². The number of nitrogens with zero attached hydrogens (tertiary/aromatic N) is 1. The van der Waals surface area contributed by atoms with Crippen molar-refractivity contribution in [1.29, 1.82) is 0 Å². The van der Waals surface area contributed by atoms with E-state index in [0.717, 1.165) is 0 Å². The van der Waals surface area contributed by atoms with Crippen LogP contribution in [-0.2, 0) is 16.0 Å². The van der Waals surface area contributed by atoms with Gasteiger partial charge in [0, 0.05) is 17.2 Å². The number of hydrogen-bond acceptors (Lipinski definition) is 5. The van der Waals surface area contributed by atoms with Gasteiger partial charge in [-0.2, -0.15) is 0 Å². The third kappa shape index (κ3) is 3.58. The zero-order valence-corrected chi connectivity index (χ0v) is 11.7. The van der Waals surface area contributed by atoms with E-state index in [-0.39, 0.29) is 18.0 Å². The maximum absolute atomic E-state index is 11.7. The van der Waals surface area contributed by atoms with Gasteiger partial charge in [0.25, 0.3) is 0 Å². The molecule has 0 unspecified atom stereocenters. The lowest BCUT2D eigenvalue weighted by Gasteiger charge is -2.19. The molecule has 2 aromatic heterocycles. The molecule has 2 aromatic rings. The lowest BCUT2D eigenvalue weighted by molar-refractivity contribution is -0.153. The molecule has 0 bridgehead atoms. The summed E-state index contributed by atoms with van der Waals surface area (Å²) >= 11 is 0. The number of fused-ring (bicyclic) bond motifs is 1. The van der Waals surface area contributed by atoms with Crippen molar-refractivity contribution in [1.82, 2.24) is 9.97 Å². The van der Waals surface area contributed by atoms with E-state index in [2.05, 4.69) is 9.97 Å². The normalized spacial score (nSPS) is 11.7. The topological polar surface area (TPSA) is 95.4 Å². The summed E-state index contributed by atoms with van der Waals surface area (Å²) in [4.78, 5) is 18.7. The number of esters is 1. The number of hydrogen-bond donors (Lipinski definition) is 3. The van der Waals surface area contributed by atoms with Crippen molar-refractivity contribution >= 4 is 29.7 Å². The SMILES string of the molecule is CC(C)(C)OC(=O)Cc1cnc2[nH]c(B(O)O)cc2c1. The molecule has 0 amide bonds. The number of rotatable bonds is 3. The lowest BCUT2D eigenvalue weighted by Crippen LogP contribution is -2.30. The number of carbonyl (C=O) groups excluding carboxylic acids is 1. The van der Waals surface area contributed by atoms with E-state index in [1.165, 1.54) is 0 Å². The van der Waals surface area contributed by atoms with Crippen molar-refractivity contribution < 1.29 is 19.6 Å². The highest BCUT2D eigenvalue weighted by Gasteiger charge is 2.18. The van der Waals surface area contributed by atoms with E-state index in [1.54, 1.807) is 18.3 Å². The van der Waals surface area contributed by atoms with Crippen molar-refractivity contribution in [3.05, 3.63) is 23.9 Å². The molecular formula is C13H17BN2O4. The molecule has 0 atom stereocenters. The van der Waals surface area contributed by atoms with Crippen molar-refractivity contribution in [2.45, 2.75) is 32.8 Å². The van der Waals surface area contributed by atoms with Gasteiger partial charge in [0.2, 0.25) is 0 Å². The van der Waals surface area contributed by atoms with Crippen molar-refractivity contribution in [2.75, 3.05) is 0 Å². The smallest absolute Gasteiger partial charge is 0.460 e. The van der Waals surface area contributed by atoms with E-state index >= 15 is 0 Å². The molecule has 0 aliphatic rings. The summed E-state index contributed by atoms with van der Waals surface area (Å²) in [7, 11) is -1.57. The molecule has 0 fully saturated rings. The molecule has 20 heavy (non-hydrogen) atoms. The van der Waals surface area contributed by atoms with Gasteiger partial charge in [-0.25, -0.2) is 4.98 Å². The first-order valence-electron chi connectivity index (χ1n) is 6.30. The first-order valence-corrected chi connectivity index (χ1v) is 6.30. The Morgan fingerprint density at radius 3 is 2.70 bits per heavy atom. The highest BCUT2D eigenvalue weighted by atomic mass is 16.6. The summed E-state index contributed by atoms with van der Waals surface area (Å²) in [5.74, 6) is -0.323. The number of aromatic amines is 1. The lowest BCUT2D eigenvalue weighted by atomic mass is 9.86. The number of aromatic nitrogens is 2. The highest BCUT2D eigenvalue weighted by molar-refractivity contribution is 6.58. The quantitative estimate of drug-likeness (QED) is 0.547. The Morgan fingerprint density at radius 1 is 1.40 bits per heavy atom. The molecule has 0 aromatic carbocycles. The van der Waals surface area contributed by atoms with E-state index in [4.69, 9.17) is 14.8 Å². The van der Waals surface area contributed by atoms with Gasteiger partial charge < -0.3 is 19.8 Å². The van der Waals surface area contributed by atoms with Gasteiger partial charge in [-0.15, -0.1) is 0 Å². The molecule has 3 N–H and O–H groups in total. The molecule has 0 aliphatic heterocycles. The molecular weight excluding hydrogens is 259 g/mol. The molecule has 0 saturated heterocycles. The second-order valence-corrected chi connectivity index (χ2v) is 5.64. The monoisotopic (exact) mass is 276 g/mol. The van der Waals surface area contributed by atoms with Crippen LogP contribution in [0.25, 0.3) is 11.0 Å². The molecule has 0 saturated carbocycles. The Labute approximate surface area is 116 Å². The average Bonchev–Trinajstić information content (AvgIpc) is 2.69. The van der Waals surface area contributed by atoms with Gasteiger partial charge in [-0.1, -0.05) is 0 Å². The maximum atomic E-state index is 11.7. The number of carbonyl (C=O) groups is 1. The van der Waals surface area contributed by atoms with Crippen LogP contribution in [0, 0.1) is 0 Å². The van der Waals surface area contributed by atoms with Crippen LogP contribution in [0.2, 0.25) is 0 Å². The summed E-state index contributed by atoms with van der Waals surface area (Å²) in [5, 5.41) is 18.9. The molecule has 0 aliphatic carbocycles. The van der Waals surface area contributed by atoms with Crippen molar-refractivity contribution in [3.8, 4) is 0 Å². The fourth-order valence-corrected chi connectivity index (χ4v) is 1.86. The van der Waals surface area contributed by atoms with Crippen LogP contribution in [0.5, 0.6) is 0 Å². The Morgan fingerprint density at radius 2 is 2.10 bits per heavy atom. The predicted octanol–water partition coefficient (Wildman–Crippen LogP) is 0.127. The minimum absolute atomic E-state index is 0.127. The van der Waals surface area contributed by atoms with E-state index in [1.807, 2.05) is 20.8 Å². The molecule has 106 valence electrons. The fourth-order valence-electron chi connectivity index (χ4n) is 1.86. The van der Waals surface area contributed by atoms with Crippen molar-refractivity contribution in [3.63, 3.8) is 0 Å². The van der Waals surface area contributed by atoms with Crippen LogP contribution >= 0.6 is 0 Å². The Kier molecular flexibility index (Phi) is 3.83. The molecule has 0 radical (unpaired) electrons. The summed E-state index contributed by atoms with van der Waals surface area (Å²) < 4.78 is 5.24. The molecule has 7 heteroatoms. The first-order chi connectivity index (χ1) is 9.24. The average molecular weight is 276 g/mol. The van der Waals surface area contributed by atoms with Crippen LogP contribution in [0.4, 0.5) is 0 Å². The zero-order chi connectivity index (χ0) is 14.9. The number of pyridine rings is 1. The number of H-pyrrole nitrogens is 1. The maximum Gasteiger partial charge on any atom is 0.505 e. The summed E-state index contributed by atoms with van der Waals surface area (Å²) in [5.41, 5.74) is 1.00. The Balaban J connectivity index is 2.17. The van der Waals surface area contributed by atoms with Gasteiger partial charge in [0.1, 0.15) is 11.2 Å². The van der Waals surface area contributed by atoms with Gasteiger partial charge >= 0.3 is 13.1 Å². The number of ether oxygens (including phenoxy) is 1. The largest absolute Gasteiger partial charge is 0.505 e. The highest BCUT2D eigenvalue weighted by Crippen LogP contribution is 2.13. The second-order valence-electron chi connectivity index (χ2n) is 5.64. The van der Waals surface area contributed by atoms with E-state index in [0.29, 0.717) is 16.6 Å².